The van der Waals surface area contributed by atoms with Crippen molar-refractivity contribution in [3.63, 3.8) is 0 Å². The summed E-state index contributed by atoms with van der Waals surface area (Å²) in [6, 6.07) is 5.70. The summed E-state index contributed by atoms with van der Waals surface area (Å²) in [6.07, 6.45) is 0. The Hall–Kier alpha value is -1.75. The highest BCUT2D eigenvalue weighted by molar-refractivity contribution is 5.74. The second-order valence-electron chi connectivity index (χ2n) is 4.54. The number of hydrogen-bond donors (Lipinski definition) is 1. The molecule has 0 saturated carbocycles. The van der Waals surface area contributed by atoms with Crippen LogP contribution in [0.3, 0.4) is 0 Å². The van der Waals surface area contributed by atoms with Crippen LogP contribution in [0.2, 0.25) is 0 Å². The second kappa shape index (κ2) is 5.93. The molecule has 1 saturated heterocycles. The molecule has 5 heteroatoms. The maximum atomic E-state index is 11.8. The Bertz CT molecular complexity index is 439. The quantitative estimate of drug-likeness (QED) is 0.828. The lowest BCUT2D eigenvalue weighted by molar-refractivity contribution is -0.145. The lowest BCUT2D eigenvalue weighted by Gasteiger charge is -2.18. The number of esters is 1. The van der Waals surface area contributed by atoms with Gasteiger partial charge in [0.2, 0.25) is 0 Å². The smallest absolute Gasteiger partial charge is 0.310 e. The predicted octanol–water partition coefficient (Wildman–Crippen LogP) is 1.18. The van der Waals surface area contributed by atoms with E-state index in [1.807, 2.05) is 18.2 Å². The Morgan fingerprint density at radius 1 is 1.11 bits per heavy atom. The first-order valence-corrected chi connectivity index (χ1v) is 6.21. The van der Waals surface area contributed by atoms with E-state index in [9.17, 15) is 4.79 Å². The molecule has 0 bridgehead atoms. The minimum Gasteiger partial charge on any atom is -0.497 e. The molecule has 1 N–H and O–H groups in total. The van der Waals surface area contributed by atoms with E-state index in [1.165, 1.54) is 7.11 Å². The maximum absolute atomic E-state index is 11.8. The highest BCUT2D eigenvalue weighted by Crippen LogP contribution is 2.34. The summed E-state index contributed by atoms with van der Waals surface area (Å²) in [6.45, 7) is 1.38. The first kappa shape index (κ1) is 13.7. The summed E-state index contributed by atoms with van der Waals surface area (Å²) in [4.78, 5) is 11.8. The summed E-state index contributed by atoms with van der Waals surface area (Å²) in [5.41, 5.74) is 1.02. The molecule has 1 fully saturated rings. The first-order chi connectivity index (χ1) is 9.19. The zero-order chi connectivity index (χ0) is 13.8. The number of methoxy groups -OCH3 is 3. The van der Waals surface area contributed by atoms with Crippen LogP contribution in [0.5, 0.6) is 11.5 Å². The highest BCUT2D eigenvalue weighted by Gasteiger charge is 2.35. The average Bonchev–Trinajstić information content (AvgIpc) is 2.95. The van der Waals surface area contributed by atoms with E-state index in [0.29, 0.717) is 6.54 Å². The molecule has 104 valence electrons. The van der Waals surface area contributed by atoms with Crippen molar-refractivity contribution in [2.24, 2.45) is 5.92 Å². The standard InChI is InChI=1S/C14H19NO4/c1-17-10-4-9(5-11(6-10)18-2)12-7-15-8-13(12)14(16)19-3/h4-6,12-13,15H,7-8H2,1-3H3. The molecular weight excluding hydrogens is 246 g/mol. The van der Waals surface area contributed by atoms with Crippen LogP contribution in [0.25, 0.3) is 0 Å². The van der Waals surface area contributed by atoms with Crippen molar-refractivity contribution >= 4 is 5.97 Å². The Morgan fingerprint density at radius 2 is 1.74 bits per heavy atom. The van der Waals surface area contributed by atoms with Crippen LogP contribution in [0.15, 0.2) is 18.2 Å². The van der Waals surface area contributed by atoms with Crippen LogP contribution in [-0.2, 0) is 9.53 Å². The fourth-order valence-electron chi connectivity index (χ4n) is 2.47. The van der Waals surface area contributed by atoms with Gasteiger partial charge < -0.3 is 19.5 Å². The molecule has 1 heterocycles. The Labute approximate surface area is 112 Å². The maximum Gasteiger partial charge on any atom is 0.310 e. The zero-order valence-electron chi connectivity index (χ0n) is 11.4. The topological polar surface area (TPSA) is 56.8 Å². The number of carbonyl (C=O) groups is 1. The van der Waals surface area contributed by atoms with Gasteiger partial charge in [0.25, 0.3) is 0 Å². The molecule has 19 heavy (non-hydrogen) atoms. The first-order valence-electron chi connectivity index (χ1n) is 6.21. The van der Waals surface area contributed by atoms with Gasteiger partial charge in [0.15, 0.2) is 0 Å². The summed E-state index contributed by atoms with van der Waals surface area (Å²) in [7, 11) is 4.65. The van der Waals surface area contributed by atoms with Crippen molar-refractivity contribution in [3.8, 4) is 11.5 Å². The largest absolute Gasteiger partial charge is 0.497 e. The van der Waals surface area contributed by atoms with Crippen molar-refractivity contribution in [2.45, 2.75) is 5.92 Å². The molecule has 0 amide bonds. The number of benzene rings is 1. The van der Waals surface area contributed by atoms with Gasteiger partial charge in [-0.15, -0.1) is 0 Å². The number of carbonyl (C=O) groups excluding carboxylic acids is 1. The fourth-order valence-corrected chi connectivity index (χ4v) is 2.47. The van der Waals surface area contributed by atoms with Crippen LogP contribution in [-0.4, -0.2) is 40.4 Å². The lowest BCUT2D eigenvalue weighted by atomic mass is 9.88. The van der Waals surface area contributed by atoms with Crippen LogP contribution in [0, 0.1) is 5.92 Å². The molecule has 1 aliphatic heterocycles. The molecule has 0 radical (unpaired) electrons. The van der Waals surface area contributed by atoms with E-state index in [1.54, 1.807) is 14.2 Å². The minimum atomic E-state index is -0.184. The molecule has 0 spiro atoms. The van der Waals surface area contributed by atoms with Gasteiger partial charge in [0.05, 0.1) is 27.2 Å². The van der Waals surface area contributed by atoms with Crippen LogP contribution in [0.4, 0.5) is 0 Å². The fraction of sp³-hybridized carbons (Fsp3) is 0.500. The van der Waals surface area contributed by atoms with Crippen molar-refractivity contribution in [1.29, 1.82) is 0 Å². The number of rotatable bonds is 4. The van der Waals surface area contributed by atoms with Gasteiger partial charge in [0.1, 0.15) is 11.5 Å². The third-order valence-corrected chi connectivity index (χ3v) is 3.52. The molecule has 5 nitrogen and oxygen atoms in total. The van der Waals surface area contributed by atoms with Gasteiger partial charge in [-0.25, -0.2) is 0 Å². The van der Waals surface area contributed by atoms with E-state index in [4.69, 9.17) is 14.2 Å². The summed E-state index contributed by atoms with van der Waals surface area (Å²) in [5.74, 6) is 1.18. The number of ether oxygens (including phenoxy) is 3. The SMILES string of the molecule is COC(=O)C1CNCC1c1cc(OC)cc(OC)c1. The van der Waals surface area contributed by atoms with Gasteiger partial charge in [-0.05, 0) is 17.7 Å². The zero-order valence-corrected chi connectivity index (χ0v) is 11.4. The third-order valence-electron chi connectivity index (χ3n) is 3.52. The Kier molecular flexibility index (Phi) is 4.27. The van der Waals surface area contributed by atoms with E-state index in [0.717, 1.165) is 23.6 Å². The Morgan fingerprint density at radius 3 is 2.26 bits per heavy atom. The molecular formula is C14H19NO4. The van der Waals surface area contributed by atoms with Crippen molar-refractivity contribution in [1.82, 2.24) is 5.32 Å². The number of hydrogen-bond acceptors (Lipinski definition) is 5. The second-order valence-corrected chi connectivity index (χ2v) is 4.54. The van der Waals surface area contributed by atoms with E-state index in [-0.39, 0.29) is 17.8 Å². The van der Waals surface area contributed by atoms with Crippen LogP contribution < -0.4 is 14.8 Å². The molecule has 1 aromatic rings. The average molecular weight is 265 g/mol. The minimum absolute atomic E-state index is 0.0800. The number of nitrogens with one attached hydrogen (secondary N) is 1. The van der Waals surface area contributed by atoms with Crippen molar-refractivity contribution in [3.05, 3.63) is 23.8 Å². The van der Waals surface area contributed by atoms with Crippen LogP contribution in [0.1, 0.15) is 11.5 Å². The molecule has 2 unspecified atom stereocenters. The van der Waals surface area contributed by atoms with E-state index >= 15 is 0 Å². The molecule has 1 aromatic carbocycles. The monoisotopic (exact) mass is 265 g/mol. The molecule has 2 atom stereocenters. The van der Waals surface area contributed by atoms with Gasteiger partial charge in [0, 0.05) is 25.1 Å². The highest BCUT2D eigenvalue weighted by atomic mass is 16.5. The van der Waals surface area contributed by atoms with E-state index in [2.05, 4.69) is 5.32 Å². The van der Waals surface area contributed by atoms with Crippen molar-refractivity contribution < 1.29 is 19.0 Å². The van der Waals surface area contributed by atoms with E-state index < -0.39 is 0 Å². The summed E-state index contributed by atoms with van der Waals surface area (Å²) < 4.78 is 15.4. The molecule has 1 aliphatic rings. The molecule has 0 aliphatic carbocycles. The van der Waals surface area contributed by atoms with Gasteiger partial charge >= 0.3 is 5.97 Å². The van der Waals surface area contributed by atoms with Gasteiger partial charge in [-0.3, -0.25) is 4.79 Å². The predicted molar refractivity (Wildman–Crippen MR) is 70.7 cm³/mol. The normalized spacial score (nSPS) is 22.1. The molecule has 2 rings (SSSR count). The molecule has 0 aromatic heterocycles. The van der Waals surface area contributed by atoms with Crippen LogP contribution >= 0.6 is 0 Å². The lowest BCUT2D eigenvalue weighted by Crippen LogP contribution is -2.23. The van der Waals surface area contributed by atoms with Gasteiger partial charge in [-0.2, -0.15) is 0 Å². The Balaban J connectivity index is 2.31. The third kappa shape index (κ3) is 2.81. The summed E-state index contributed by atoms with van der Waals surface area (Å²) >= 11 is 0. The van der Waals surface area contributed by atoms with Gasteiger partial charge in [-0.1, -0.05) is 0 Å². The summed E-state index contributed by atoms with van der Waals surface area (Å²) in [5, 5.41) is 3.23. The van der Waals surface area contributed by atoms with Crippen molar-refractivity contribution in [2.75, 3.05) is 34.4 Å².